The van der Waals surface area contributed by atoms with Gasteiger partial charge in [0.05, 0.1) is 19.6 Å². The molecule has 0 saturated carbocycles. The fourth-order valence-electron chi connectivity index (χ4n) is 1.48. The van der Waals surface area contributed by atoms with Gasteiger partial charge in [-0.15, -0.1) is 0 Å². The summed E-state index contributed by atoms with van der Waals surface area (Å²) in [6.45, 7) is 5.44. The minimum absolute atomic E-state index is 0.0691. The fraction of sp³-hybridized carbons (Fsp3) is 0.714. The van der Waals surface area contributed by atoms with Gasteiger partial charge in [0.15, 0.2) is 0 Å². The molecule has 1 unspecified atom stereocenters. The highest BCUT2D eigenvalue weighted by atomic mass is 16.6. The lowest BCUT2D eigenvalue weighted by Gasteiger charge is -2.06. The second-order valence-electron chi connectivity index (χ2n) is 4.68. The quantitative estimate of drug-likeness (QED) is 0.180. The highest BCUT2D eigenvalue weighted by Crippen LogP contribution is 2.04. The van der Waals surface area contributed by atoms with E-state index >= 15 is 0 Å². The SMILES string of the molecule is C=CC(=O)OCCCCCCOC(=O)CCC(C)[N+](=O)[O-]. The van der Waals surface area contributed by atoms with Gasteiger partial charge in [0.25, 0.3) is 0 Å². The second-order valence-corrected chi connectivity index (χ2v) is 4.68. The summed E-state index contributed by atoms with van der Waals surface area (Å²) in [6.07, 6.45) is 4.61. The van der Waals surface area contributed by atoms with Gasteiger partial charge in [-0.1, -0.05) is 6.58 Å². The number of carbonyl (C=O) groups is 2. The van der Waals surface area contributed by atoms with Crippen molar-refractivity contribution >= 4 is 11.9 Å². The molecule has 7 nitrogen and oxygen atoms in total. The van der Waals surface area contributed by atoms with Crippen molar-refractivity contribution in [3.63, 3.8) is 0 Å². The molecule has 0 amide bonds. The van der Waals surface area contributed by atoms with Crippen molar-refractivity contribution in [1.82, 2.24) is 0 Å². The number of nitro groups is 1. The van der Waals surface area contributed by atoms with Crippen LogP contribution in [0.1, 0.15) is 45.4 Å². The average Bonchev–Trinajstić information content (AvgIpc) is 2.46. The molecule has 0 aliphatic carbocycles. The van der Waals surface area contributed by atoms with E-state index in [0.717, 1.165) is 31.8 Å². The molecule has 0 saturated heterocycles. The van der Waals surface area contributed by atoms with Crippen LogP contribution in [0.4, 0.5) is 0 Å². The Bertz CT molecular complexity index is 355. The Morgan fingerprint density at radius 1 is 1.19 bits per heavy atom. The lowest BCUT2D eigenvalue weighted by Crippen LogP contribution is -2.17. The highest BCUT2D eigenvalue weighted by Gasteiger charge is 2.15. The third-order valence-electron chi connectivity index (χ3n) is 2.84. The molecule has 0 aromatic rings. The van der Waals surface area contributed by atoms with E-state index in [-0.39, 0.29) is 12.8 Å². The van der Waals surface area contributed by atoms with Gasteiger partial charge >= 0.3 is 11.9 Å². The lowest BCUT2D eigenvalue weighted by molar-refractivity contribution is -0.518. The maximum atomic E-state index is 11.3. The van der Waals surface area contributed by atoms with Crippen molar-refractivity contribution < 1.29 is 24.0 Å². The smallest absolute Gasteiger partial charge is 0.330 e. The summed E-state index contributed by atoms with van der Waals surface area (Å²) in [5.74, 6) is -0.823. The Morgan fingerprint density at radius 3 is 2.29 bits per heavy atom. The largest absolute Gasteiger partial charge is 0.466 e. The van der Waals surface area contributed by atoms with E-state index in [0.29, 0.717) is 13.2 Å². The molecule has 0 fully saturated rings. The number of unbranched alkanes of at least 4 members (excludes halogenated alkanes) is 3. The van der Waals surface area contributed by atoms with Crippen molar-refractivity contribution in [3.8, 4) is 0 Å². The van der Waals surface area contributed by atoms with Crippen LogP contribution in [0.2, 0.25) is 0 Å². The molecule has 0 N–H and O–H groups in total. The molecule has 0 aliphatic rings. The zero-order valence-electron chi connectivity index (χ0n) is 12.4. The number of nitrogens with zero attached hydrogens (tertiary/aromatic N) is 1. The van der Waals surface area contributed by atoms with Gasteiger partial charge in [-0.2, -0.15) is 0 Å². The highest BCUT2D eigenvalue weighted by molar-refractivity contribution is 5.81. The Kier molecular flexibility index (Phi) is 10.8. The molecular formula is C14H23NO6. The first kappa shape index (κ1) is 19.1. The predicted octanol–water partition coefficient (Wildman–Crippen LogP) is 2.26. The first-order valence-electron chi connectivity index (χ1n) is 7.05. The first-order valence-corrected chi connectivity index (χ1v) is 7.05. The minimum Gasteiger partial charge on any atom is -0.466 e. The molecule has 1 atom stereocenters. The zero-order chi connectivity index (χ0) is 16.1. The van der Waals surface area contributed by atoms with Crippen LogP contribution in [0, 0.1) is 10.1 Å². The molecule has 21 heavy (non-hydrogen) atoms. The van der Waals surface area contributed by atoms with Crippen LogP contribution in [-0.2, 0) is 19.1 Å². The summed E-state index contributed by atoms with van der Waals surface area (Å²) in [7, 11) is 0. The summed E-state index contributed by atoms with van der Waals surface area (Å²) in [4.78, 5) is 32.0. The Balaban J connectivity index is 3.38. The zero-order valence-corrected chi connectivity index (χ0v) is 12.4. The maximum Gasteiger partial charge on any atom is 0.330 e. The van der Waals surface area contributed by atoms with Gasteiger partial charge < -0.3 is 9.47 Å². The molecule has 0 bridgehead atoms. The summed E-state index contributed by atoms with van der Waals surface area (Å²) in [5, 5.41) is 10.4. The van der Waals surface area contributed by atoms with E-state index in [1.165, 1.54) is 6.92 Å². The molecule has 0 aliphatic heterocycles. The summed E-state index contributed by atoms with van der Waals surface area (Å²) in [5.41, 5.74) is 0. The number of hydrogen-bond acceptors (Lipinski definition) is 6. The van der Waals surface area contributed by atoms with Gasteiger partial charge in [-0.25, -0.2) is 4.79 Å². The van der Waals surface area contributed by atoms with Crippen molar-refractivity contribution in [3.05, 3.63) is 22.8 Å². The number of carbonyl (C=O) groups excluding carboxylic acids is 2. The second kappa shape index (κ2) is 11.9. The Labute approximate surface area is 124 Å². The Hall–Kier alpha value is -1.92. The Morgan fingerprint density at radius 2 is 1.76 bits per heavy atom. The number of hydrogen-bond donors (Lipinski definition) is 0. The molecule has 0 aromatic heterocycles. The van der Waals surface area contributed by atoms with Gasteiger partial charge in [0, 0.05) is 24.3 Å². The van der Waals surface area contributed by atoms with Crippen molar-refractivity contribution in [2.75, 3.05) is 13.2 Å². The molecular weight excluding hydrogens is 278 g/mol. The van der Waals surface area contributed by atoms with Gasteiger partial charge in [-0.05, 0) is 25.7 Å². The van der Waals surface area contributed by atoms with E-state index in [1.807, 2.05) is 0 Å². The van der Waals surface area contributed by atoms with E-state index in [1.54, 1.807) is 0 Å². The average molecular weight is 301 g/mol. The van der Waals surface area contributed by atoms with Crippen LogP contribution in [0.25, 0.3) is 0 Å². The van der Waals surface area contributed by atoms with E-state index < -0.39 is 22.9 Å². The van der Waals surface area contributed by atoms with Crippen LogP contribution in [-0.4, -0.2) is 36.1 Å². The number of ether oxygens (including phenoxy) is 2. The molecule has 0 rings (SSSR count). The van der Waals surface area contributed by atoms with E-state index in [4.69, 9.17) is 9.47 Å². The monoisotopic (exact) mass is 301 g/mol. The fourth-order valence-corrected chi connectivity index (χ4v) is 1.48. The van der Waals surface area contributed by atoms with Crippen LogP contribution >= 0.6 is 0 Å². The molecule has 0 radical (unpaired) electrons. The number of rotatable bonds is 12. The lowest BCUT2D eigenvalue weighted by atomic mass is 10.2. The summed E-state index contributed by atoms with van der Waals surface area (Å²) in [6, 6.07) is -0.726. The van der Waals surface area contributed by atoms with Gasteiger partial charge in [0.1, 0.15) is 0 Å². The standard InChI is InChI=1S/C14H23NO6/c1-3-13(16)20-10-6-4-5-7-11-21-14(17)9-8-12(2)15(18)19/h3,12H,1,4-11H2,2H3. The molecule has 0 spiro atoms. The number of esters is 2. The third kappa shape index (κ3) is 11.6. The van der Waals surface area contributed by atoms with Crippen LogP contribution in [0.15, 0.2) is 12.7 Å². The van der Waals surface area contributed by atoms with Crippen LogP contribution < -0.4 is 0 Å². The van der Waals surface area contributed by atoms with Crippen LogP contribution in [0.5, 0.6) is 0 Å². The topological polar surface area (TPSA) is 95.7 Å². The van der Waals surface area contributed by atoms with E-state index in [9.17, 15) is 19.7 Å². The van der Waals surface area contributed by atoms with Crippen molar-refractivity contribution in [2.45, 2.75) is 51.5 Å². The van der Waals surface area contributed by atoms with Gasteiger partial charge in [-0.3, -0.25) is 14.9 Å². The molecule has 0 aromatic carbocycles. The minimum atomic E-state index is -0.726. The molecule has 0 heterocycles. The van der Waals surface area contributed by atoms with Crippen molar-refractivity contribution in [1.29, 1.82) is 0 Å². The first-order chi connectivity index (χ1) is 9.97. The van der Waals surface area contributed by atoms with Crippen molar-refractivity contribution in [2.24, 2.45) is 0 Å². The predicted molar refractivity (Wildman–Crippen MR) is 76.3 cm³/mol. The van der Waals surface area contributed by atoms with Crippen LogP contribution in [0.3, 0.4) is 0 Å². The summed E-state index contributed by atoms with van der Waals surface area (Å²) >= 11 is 0. The molecule has 120 valence electrons. The molecule has 7 heteroatoms. The summed E-state index contributed by atoms with van der Waals surface area (Å²) < 4.78 is 9.79. The third-order valence-corrected chi connectivity index (χ3v) is 2.84. The van der Waals surface area contributed by atoms with Gasteiger partial charge in [0.2, 0.25) is 6.04 Å². The maximum absolute atomic E-state index is 11.3. The van der Waals surface area contributed by atoms with E-state index in [2.05, 4.69) is 6.58 Å². The normalized spacial score (nSPS) is 11.5.